The van der Waals surface area contributed by atoms with Gasteiger partial charge in [-0.15, -0.1) is 0 Å². The number of hydrogen-bond donors (Lipinski definition) is 1. The second-order valence-electron chi connectivity index (χ2n) is 4.20. The van der Waals surface area contributed by atoms with Crippen LogP contribution >= 0.6 is 15.9 Å². The quantitative estimate of drug-likeness (QED) is 0.937. The number of rotatable bonds is 4. The van der Waals surface area contributed by atoms with Crippen molar-refractivity contribution in [3.63, 3.8) is 0 Å². The maximum atomic E-state index is 5.79. The third kappa shape index (κ3) is 2.94. The number of benzene rings is 1. The Hall–Kier alpha value is -1.26. The van der Waals surface area contributed by atoms with E-state index in [1.54, 1.807) is 0 Å². The minimum absolute atomic E-state index is 0.415. The van der Waals surface area contributed by atoms with Gasteiger partial charge in [-0.25, -0.2) is 0 Å². The predicted octanol–water partition coefficient (Wildman–Crippen LogP) is 3.70. The largest absolute Gasteiger partial charge is 0.489 e. The molecular formula is C14H16BrNO2. The third-order valence-electron chi connectivity index (χ3n) is 2.79. The van der Waals surface area contributed by atoms with Gasteiger partial charge in [0.15, 0.2) is 0 Å². The van der Waals surface area contributed by atoms with Crippen LogP contribution in [0.5, 0.6) is 5.75 Å². The van der Waals surface area contributed by atoms with E-state index in [0.29, 0.717) is 13.2 Å². The number of furan rings is 1. The van der Waals surface area contributed by atoms with Gasteiger partial charge in [0.2, 0.25) is 0 Å². The van der Waals surface area contributed by atoms with Crippen LogP contribution in [-0.2, 0) is 13.2 Å². The molecule has 1 aromatic carbocycles. The summed E-state index contributed by atoms with van der Waals surface area (Å²) < 4.78 is 12.3. The Balaban J connectivity index is 2.08. The van der Waals surface area contributed by atoms with Crippen molar-refractivity contribution in [1.82, 2.24) is 0 Å². The molecule has 96 valence electrons. The molecule has 0 aliphatic rings. The summed E-state index contributed by atoms with van der Waals surface area (Å²) in [6.07, 6.45) is 0. The lowest BCUT2D eigenvalue weighted by atomic mass is 10.2. The second kappa shape index (κ2) is 5.59. The molecule has 0 bridgehead atoms. The van der Waals surface area contributed by atoms with Gasteiger partial charge in [-0.3, -0.25) is 0 Å². The first-order chi connectivity index (χ1) is 8.60. The molecule has 0 unspecified atom stereocenters. The molecular weight excluding hydrogens is 294 g/mol. The van der Waals surface area contributed by atoms with Crippen LogP contribution in [0.3, 0.4) is 0 Å². The first-order valence-electron chi connectivity index (χ1n) is 5.77. The molecule has 18 heavy (non-hydrogen) atoms. The van der Waals surface area contributed by atoms with E-state index in [4.69, 9.17) is 14.9 Å². The Morgan fingerprint density at radius 3 is 2.67 bits per heavy atom. The highest BCUT2D eigenvalue weighted by Crippen LogP contribution is 2.24. The zero-order valence-electron chi connectivity index (χ0n) is 10.5. The van der Waals surface area contributed by atoms with Crippen LogP contribution in [0.25, 0.3) is 0 Å². The summed E-state index contributed by atoms with van der Waals surface area (Å²) in [5.41, 5.74) is 7.68. The molecule has 0 fully saturated rings. The first kappa shape index (κ1) is 13.2. The molecule has 0 spiro atoms. The Kier molecular flexibility index (Phi) is 4.09. The van der Waals surface area contributed by atoms with Crippen molar-refractivity contribution in [3.8, 4) is 5.75 Å². The highest BCUT2D eigenvalue weighted by molar-refractivity contribution is 9.10. The van der Waals surface area contributed by atoms with Gasteiger partial charge in [0.25, 0.3) is 0 Å². The standard InChI is InChI=1S/C14H16BrNO2/c1-9-5-12(15)3-4-14(9)17-8-11-6-13(7-16)18-10(11)2/h3-6H,7-8,16H2,1-2H3. The van der Waals surface area contributed by atoms with Crippen molar-refractivity contribution in [2.24, 2.45) is 5.73 Å². The molecule has 3 nitrogen and oxygen atoms in total. The normalized spacial score (nSPS) is 10.7. The van der Waals surface area contributed by atoms with Gasteiger partial charge in [0.1, 0.15) is 23.9 Å². The van der Waals surface area contributed by atoms with Crippen LogP contribution < -0.4 is 10.5 Å². The summed E-state index contributed by atoms with van der Waals surface area (Å²) in [5, 5.41) is 0. The number of aryl methyl sites for hydroxylation is 2. The van der Waals surface area contributed by atoms with Gasteiger partial charge >= 0.3 is 0 Å². The Labute approximate surface area is 115 Å². The third-order valence-corrected chi connectivity index (χ3v) is 3.29. The molecule has 1 heterocycles. The molecule has 0 amide bonds. The van der Waals surface area contributed by atoms with Crippen molar-refractivity contribution in [2.45, 2.75) is 27.0 Å². The van der Waals surface area contributed by atoms with Gasteiger partial charge in [-0.05, 0) is 43.7 Å². The zero-order chi connectivity index (χ0) is 13.1. The topological polar surface area (TPSA) is 48.4 Å². The highest BCUT2D eigenvalue weighted by Gasteiger charge is 2.08. The molecule has 0 aliphatic heterocycles. The molecule has 2 rings (SSSR count). The monoisotopic (exact) mass is 309 g/mol. The van der Waals surface area contributed by atoms with Crippen molar-refractivity contribution >= 4 is 15.9 Å². The van der Waals surface area contributed by atoms with Gasteiger partial charge in [0.05, 0.1) is 6.54 Å². The highest BCUT2D eigenvalue weighted by atomic mass is 79.9. The van der Waals surface area contributed by atoms with E-state index in [-0.39, 0.29) is 0 Å². The van der Waals surface area contributed by atoms with Crippen LogP contribution in [0.15, 0.2) is 33.2 Å². The van der Waals surface area contributed by atoms with Gasteiger partial charge in [-0.2, -0.15) is 0 Å². The average molecular weight is 310 g/mol. The SMILES string of the molecule is Cc1cc(Br)ccc1OCc1cc(CN)oc1C. The maximum Gasteiger partial charge on any atom is 0.122 e. The fourth-order valence-corrected chi connectivity index (χ4v) is 2.24. The van der Waals surface area contributed by atoms with E-state index >= 15 is 0 Å². The molecule has 1 aromatic heterocycles. The van der Waals surface area contributed by atoms with E-state index in [2.05, 4.69) is 15.9 Å². The first-order valence-corrected chi connectivity index (χ1v) is 6.56. The minimum Gasteiger partial charge on any atom is -0.489 e. The van der Waals surface area contributed by atoms with Crippen LogP contribution in [0.2, 0.25) is 0 Å². The molecule has 0 radical (unpaired) electrons. The molecule has 4 heteroatoms. The number of halogens is 1. The van der Waals surface area contributed by atoms with E-state index in [1.165, 1.54) is 0 Å². The summed E-state index contributed by atoms with van der Waals surface area (Å²) >= 11 is 3.43. The lowest BCUT2D eigenvalue weighted by Gasteiger charge is -2.08. The van der Waals surface area contributed by atoms with Crippen molar-refractivity contribution in [3.05, 3.63) is 51.4 Å². The average Bonchev–Trinajstić information content (AvgIpc) is 2.69. The summed E-state index contributed by atoms with van der Waals surface area (Å²) in [5.74, 6) is 2.54. The zero-order valence-corrected chi connectivity index (χ0v) is 12.1. The van der Waals surface area contributed by atoms with Crippen molar-refractivity contribution < 1.29 is 9.15 Å². The van der Waals surface area contributed by atoms with E-state index in [9.17, 15) is 0 Å². The number of nitrogens with two attached hydrogens (primary N) is 1. The molecule has 0 saturated carbocycles. The smallest absolute Gasteiger partial charge is 0.122 e. The van der Waals surface area contributed by atoms with Gasteiger partial charge in [0, 0.05) is 10.0 Å². The van der Waals surface area contributed by atoms with Crippen molar-refractivity contribution in [1.29, 1.82) is 0 Å². The molecule has 2 aromatic rings. The molecule has 0 saturated heterocycles. The summed E-state index contributed by atoms with van der Waals surface area (Å²) in [6, 6.07) is 7.90. The van der Waals surface area contributed by atoms with Crippen molar-refractivity contribution in [2.75, 3.05) is 0 Å². The van der Waals surface area contributed by atoms with E-state index in [1.807, 2.05) is 38.1 Å². The van der Waals surface area contributed by atoms with Gasteiger partial charge in [-0.1, -0.05) is 15.9 Å². The summed E-state index contributed by atoms with van der Waals surface area (Å²) in [6.45, 7) is 4.86. The van der Waals surface area contributed by atoms with Crippen LogP contribution in [0.1, 0.15) is 22.6 Å². The predicted molar refractivity (Wildman–Crippen MR) is 74.5 cm³/mol. The molecule has 0 aliphatic carbocycles. The molecule has 0 atom stereocenters. The maximum absolute atomic E-state index is 5.79. The lowest BCUT2D eigenvalue weighted by molar-refractivity contribution is 0.301. The minimum atomic E-state index is 0.415. The summed E-state index contributed by atoms with van der Waals surface area (Å²) in [4.78, 5) is 0. The fourth-order valence-electron chi connectivity index (χ4n) is 1.76. The van der Waals surface area contributed by atoms with E-state index < -0.39 is 0 Å². The second-order valence-corrected chi connectivity index (χ2v) is 5.11. The van der Waals surface area contributed by atoms with Crippen LogP contribution in [-0.4, -0.2) is 0 Å². The Bertz CT molecular complexity index is 549. The number of hydrogen-bond acceptors (Lipinski definition) is 3. The molecule has 2 N–H and O–H groups in total. The van der Waals surface area contributed by atoms with Crippen LogP contribution in [0, 0.1) is 13.8 Å². The number of ether oxygens (including phenoxy) is 1. The summed E-state index contributed by atoms with van der Waals surface area (Å²) in [7, 11) is 0. The van der Waals surface area contributed by atoms with E-state index in [0.717, 1.165) is 32.9 Å². The van der Waals surface area contributed by atoms with Crippen LogP contribution in [0.4, 0.5) is 0 Å². The Morgan fingerprint density at radius 2 is 2.06 bits per heavy atom. The van der Waals surface area contributed by atoms with Gasteiger partial charge < -0.3 is 14.9 Å². The lowest BCUT2D eigenvalue weighted by Crippen LogP contribution is -1.97. The fraction of sp³-hybridized carbons (Fsp3) is 0.286. The Morgan fingerprint density at radius 1 is 1.28 bits per heavy atom.